The predicted octanol–water partition coefficient (Wildman–Crippen LogP) is 0.447. The van der Waals surface area contributed by atoms with Gasteiger partial charge in [-0.05, 0) is 25.7 Å². The number of nitrogens with two attached hydrogens (primary N) is 1. The Morgan fingerprint density at radius 3 is 2.86 bits per heavy atom. The molecule has 1 aliphatic heterocycles. The first-order chi connectivity index (χ1) is 6.77. The Kier molecular flexibility index (Phi) is 2.74. The predicted molar refractivity (Wildman–Crippen MR) is 50.7 cm³/mol. The van der Waals surface area contributed by atoms with Crippen LogP contribution in [0.1, 0.15) is 25.7 Å². The Balaban J connectivity index is 1.72. The summed E-state index contributed by atoms with van der Waals surface area (Å²) in [6.07, 6.45) is 3.96. The van der Waals surface area contributed by atoms with E-state index >= 15 is 0 Å². The average molecular weight is 199 g/mol. The van der Waals surface area contributed by atoms with E-state index in [4.69, 9.17) is 15.2 Å². The molecule has 1 saturated carbocycles. The summed E-state index contributed by atoms with van der Waals surface area (Å²) >= 11 is 0. The summed E-state index contributed by atoms with van der Waals surface area (Å²) < 4.78 is 10.6. The summed E-state index contributed by atoms with van der Waals surface area (Å²) in [4.78, 5) is 11.6. The maximum atomic E-state index is 11.6. The zero-order valence-corrected chi connectivity index (χ0v) is 8.33. The standard InChI is InChI=1S/C10H17NO3/c11-7-10(3-4-10)9(12)14-6-8-2-1-5-13-8/h8H,1-7,11H2. The molecule has 0 aromatic rings. The lowest BCUT2D eigenvalue weighted by Crippen LogP contribution is -2.29. The van der Waals surface area contributed by atoms with Crippen molar-refractivity contribution in [2.45, 2.75) is 31.8 Å². The summed E-state index contributed by atoms with van der Waals surface area (Å²) in [7, 11) is 0. The molecule has 2 rings (SSSR count). The summed E-state index contributed by atoms with van der Waals surface area (Å²) in [6, 6.07) is 0. The highest BCUT2D eigenvalue weighted by Gasteiger charge is 2.50. The molecule has 0 radical (unpaired) electrons. The number of rotatable bonds is 4. The molecule has 0 aromatic carbocycles. The first kappa shape index (κ1) is 9.93. The van der Waals surface area contributed by atoms with E-state index in [9.17, 15) is 4.79 Å². The molecule has 1 aliphatic carbocycles. The topological polar surface area (TPSA) is 61.6 Å². The van der Waals surface area contributed by atoms with Crippen LogP contribution < -0.4 is 5.73 Å². The van der Waals surface area contributed by atoms with Gasteiger partial charge in [-0.15, -0.1) is 0 Å². The van der Waals surface area contributed by atoms with Crippen molar-refractivity contribution in [3.63, 3.8) is 0 Å². The summed E-state index contributed by atoms with van der Waals surface area (Å²) in [5.74, 6) is -0.129. The van der Waals surface area contributed by atoms with Gasteiger partial charge in [0.25, 0.3) is 0 Å². The van der Waals surface area contributed by atoms with E-state index in [1.54, 1.807) is 0 Å². The molecular formula is C10H17NO3. The highest BCUT2D eigenvalue weighted by Crippen LogP contribution is 2.45. The third-order valence-electron chi connectivity index (χ3n) is 3.10. The van der Waals surface area contributed by atoms with E-state index in [2.05, 4.69) is 0 Å². The van der Waals surface area contributed by atoms with Gasteiger partial charge in [-0.3, -0.25) is 4.79 Å². The van der Waals surface area contributed by atoms with Crippen LogP contribution in [0.2, 0.25) is 0 Å². The van der Waals surface area contributed by atoms with Gasteiger partial charge < -0.3 is 15.2 Å². The lowest BCUT2D eigenvalue weighted by molar-refractivity contribution is -0.153. The first-order valence-corrected chi connectivity index (χ1v) is 5.26. The van der Waals surface area contributed by atoms with E-state index in [0.717, 1.165) is 32.3 Å². The first-order valence-electron chi connectivity index (χ1n) is 5.26. The van der Waals surface area contributed by atoms with Gasteiger partial charge in [-0.2, -0.15) is 0 Å². The van der Waals surface area contributed by atoms with Gasteiger partial charge >= 0.3 is 5.97 Å². The molecule has 0 bridgehead atoms. The van der Waals surface area contributed by atoms with Gasteiger partial charge in [0.1, 0.15) is 6.61 Å². The van der Waals surface area contributed by atoms with Crippen molar-refractivity contribution in [3.05, 3.63) is 0 Å². The molecule has 0 aromatic heterocycles. The molecule has 14 heavy (non-hydrogen) atoms. The lowest BCUT2D eigenvalue weighted by atomic mass is 10.1. The van der Waals surface area contributed by atoms with Gasteiger partial charge in [0.05, 0.1) is 11.5 Å². The number of carbonyl (C=O) groups excluding carboxylic acids is 1. The van der Waals surface area contributed by atoms with Crippen LogP contribution in [0.3, 0.4) is 0 Å². The maximum Gasteiger partial charge on any atom is 0.313 e. The van der Waals surface area contributed by atoms with Crippen molar-refractivity contribution < 1.29 is 14.3 Å². The molecule has 4 heteroatoms. The van der Waals surface area contributed by atoms with Crippen molar-refractivity contribution in [1.82, 2.24) is 0 Å². The Hall–Kier alpha value is -0.610. The van der Waals surface area contributed by atoms with Gasteiger partial charge in [0.15, 0.2) is 0 Å². The third kappa shape index (κ3) is 1.91. The van der Waals surface area contributed by atoms with Gasteiger partial charge in [-0.1, -0.05) is 0 Å². The van der Waals surface area contributed by atoms with Crippen LogP contribution >= 0.6 is 0 Å². The Labute approximate surface area is 83.7 Å². The Bertz CT molecular complexity index is 219. The Morgan fingerprint density at radius 1 is 1.57 bits per heavy atom. The minimum Gasteiger partial charge on any atom is -0.462 e. The zero-order valence-electron chi connectivity index (χ0n) is 8.33. The second kappa shape index (κ2) is 3.87. The SMILES string of the molecule is NCC1(C(=O)OCC2CCCO2)CC1. The second-order valence-electron chi connectivity index (χ2n) is 4.22. The molecule has 2 N–H and O–H groups in total. The van der Waals surface area contributed by atoms with Crippen LogP contribution in [-0.4, -0.2) is 31.8 Å². The van der Waals surface area contributed by atoms with Crippen molar-refractivity contribution in [1.29, 1.82) is 0 Å². The molecule has 1 saturated heterocycles. The highest BCUT2D eigenvalue weighted by molar-refractivity contribution is 5.80. The van der Waals surface area contributed by atoms with Gasteiger partial charge in [0, 0.05) is 13.2 Å². The number of ether oxygens (including phenoxy) is 2. The molecule has 2 aliphatic rings. The van der Waals surface area contributed by atoms with E-state index < -0.39 is 0 Å². The van der Waals surface area contributed by atoms with Crippen molar-refractivity contribution >= 4 is 5.97 Å². The monoisotopic (exact) mass is 199 g/mol. The number of carbonyl (C=O) groups is 1. The highest BCUT2D eigenvalue weighted by atomic mass is 16.6. The number of hydrogen-bond acceptors (Lipinski definition) is 4. The largest absolute Gasteiger partial charge is 0.462 e. The lowest BCUT2D eigenvalue weighted by Gasteiger charge is -2.14. The number of hydrogen-bond donors (Lipinski definition) is 1. The normalized spacial score (nSPS) is 28.8. The van der Waals surface area contributed by atoms with Gasteiger partial charge in [-0.25, -0.2) is 0 Å². The molecule has 1 heterocycles. The zero-order chi connectivity index (χ0) is 10.0. The van der Waals surface area contributed by atoms with Crippen LogP contribution in [0.15, 0.2) is 0 Å². The molecular weight excluding hydrogens is 182 g/mol. The van der Waals surface area contributed by atoms with Crippen LogP contribution in [-0.2, 0) is 14.3 Å². The molecule has 4 nitrogen and oxygen atoms in total. The van der Waals surface area contributed by atoms with Crippen molar-refractivity contribution in [2.24, 2.45) is 11.1 Å². The van der Waals surface area contributed by atoms with Crippen LogP contribution in [0.4, 0.5) is 0 Å². The van der Waals surface area contributed by atoms with E-state index in [1.807, 2.05) is 0 Å². The number of esters is 1. The van der Waals surface area contributed by atoms with E-state index in [1.165, 1.54) is 0 Å². The molecule has 0 amide bonds. The van der Waals surface area contributed by atoms with Crippen LogP contribution in [0.25, 0.3) is 0 Å². The minimum absolute atomic E-state index is 0.118. The molecule has 0 spiro atoms. The van der Waals surface area contributed by atoms with E-state index in [-0.39, 0.29) is 17.5 Å². The van der Waals surface area contributed by atoms with Crippen LogP contribution in [0, 0.1) is 5.41 Å². The van der Waals surface area contributed by atoms with Crippen molar-refractivity contribution in [2.75, 3.05) is 19.8 Å². The fourth-order valence-corrected chi connectivity index (χ4v) is 1.74. The molecule has 80 valence electrons. The minimum atomic E-state index is -0.335. The summed E-state index contributed by atoms with van der Waals surface area (Å²) in [5, 5.41) is 0. The molecule has 2 fully saturated rings. The van der Waals surface area contributed by atoms with Crippen molar-refractivity contribution in [3.8, 4) is 0 Å². The van der Waals surface area contributed by atoms with E-state index in [0.29, 0.717) is 13.2 Å². The maximum absolute atomic E-state index is 11.6. The average Bonchev–Trinajstić information content (AvgIpc) is 2.84. The Morgan fingerprint density at radius 2 is 2.36 bits per heavy atom. The van der Waals surface area contributed by atoms with Crippen LogP contribution in [0.5, 0.6) is 0 Å². The fraction of sp³-hybridized carbons (Fsp3) is 0.900. The quantitative estimate of drug-likeness (QED) is 0.668. The van der Waals surface area contributed by atoms with Gasteiger partial charge in [0.2, 0.25) is 0 Å². The third-order valence-corrected chi connectivity index (χ3v) is 3.10. The summed E-state index contributed by atoms with van der Waals surface area (Å²) in [6.45, 7) is 1.61. The molecule has 1 atom stereocenters. The second-order valence-corrected chi connectivity index (χ2v) is 4.22. The fourth-order valence-electron chi connectivity index (χ4n) is 1.74. The molecule has 1 unspecified atom stereocenters. The summed E-state index contributed by atoms with van der Waals surface area (Å²) in [5.41, 5.74) is 5.19. The smallest absolute Gasteiger partial charge is 0.313 e.